The van der Waals surface area contributed by atoms with Crippen LogP contribution < -0.4 is 10.6 Å². The predicted octanol–water partition coefficient (Wildman–Crippen LogP) is 2.34. The summed E-state index contributed by atoms with van der Waals surface area (Å²) in [4.78, 5) is 52.1. The second-order valence-electron chi connectivity index (χ2n) is 5.09. The van der Waals surface area contributed by atoms with E-state index in [9.17, 15) is 19.2 Å². The van der Waals surface area contributed by atoms with Crippen LogP contribution in [0.4, 0.5) is 9.80 Å². The third-order valence-corrected chi connectivity index (χ3v) is 5.21. The third kappa shape index (κ3) is 3.55. The van der Waals surface area contributed by atoms with E-state index in [-0.39, 0.29) is 12.2 Å². The maximum atomic E-state index is 12.4. The molecule has 10 heteroatoms. The van der Waals surface area contributed by atoms with E-state index in [1.807, 2.05) is 28.1 Å². The van der Waals surface area contributed by atoms with Crippen LogP contribution in [0.15, 0.2) is 27.9 Å². The molecule has 0 saturated carbocycles. The number of carbonyl (C=O) groups is 4. The number of nitrogens with zero attached hydrogens (tertiary/aromatic N) is 1. The minimum Gasteiger partial charge on any atom is -0.462 e. The van der Waals surface area contributed by atoms with Crippen LogP contribution in [-0.4, -0.2) is 36.6 Å². The molecule has 8 nitrogen and oxygen atoms in total. The third-order valence-electron chi connectivity index (χ3n) is 3.42. The number of imide groups is 2. The molecular formula is C16H13N3O5S2. The fraction of sp³-hybridized carbons (Fsp3) is 0.188. The number of amides is 4. The van der Waals surface area contributed by atoms with Gasteiger partial charge in [0.1, 0.15) is 10.6 Å². The van der Waals surface area contributed by atoms with Gasteiger partial charge in [-0.25, -0.2) is 14.6 Å². The Hall–Kier alpha value is -2.85. The SMILES string of the molecule is CCOC(=O)c1c(-c2cccs2)csc1N=CC1C(=O)NC(=O)NC1=O. The van der Waals surface area contributed by atoms with Gasteiger partial charge in [0.2, 0.25) is 11.8 Å². The van der Waals surface area contributed by atoms with E-state index < -0.39 is 29.7 Å². The van der Waals surface area contributed by atoms with E-state index in [1.165, 1.54) is 22.7 Å². The molecule has 0 unspecified atom stereocenters. The molecule has 2 aromatic rings. The number of rotatable bonds is 5. The van der Waals surface area contributed by atoms with Crippen LogP contribution in [0.5, 0.6) is 0 Å². The lowest BCUT2D eigenvalue weighted by molar-refractivity contribution is -0.132. The molecule has 0 aromatic carbocycles. The van der Waals surface area contributed by atoms with Crippen molar-refractivity contribution < 1.29 is 23.9 Å². The summed E-state index contributed by atoms with van der Waals surface area (Å²) in [5.41, 5.74) is 0.964. The maximum absolute atomic E-state index is 12.4. The summed E-state index contributed by atoms with van der Waals surface area (Å²) in [5, 5.41) is 7.97. The predicted molar refractivity (Wildman–Crippen MR) is 96.9 cm³/mol. The Balaban J connectivity index is 1.95. The van der Waals surface area contributed by atoms with Gasteiger partial charge in [0.25, 0.3) is 0 Å². The second kappa shape index (κ2) is 7.58. The molecule has 26 heavy (non-hydrogen) atoms. The van der Waals surface area contributed by atoms with E-state index >= 15 is 0 Å². The van der Waals surface area contributed by atoms with Crippen molar-refractivity contribution in [3.63, 3.8) is 0 Å². The second-order valence-corrected chi connectivity index (χ2v) is 6.90. The first-order valence-corrected chi connectivity index (χ1v) is 9.29. The molecule has 3 heterocycles. The molecule has 0 aliphatic carbocycles. The monoisotopic (exact) mass is 391 g/mol. The highest BCUT2D eigenvalue weighted by atomic mass is 32.1. The number of ether oxygens (including phenoxy) is 1. The van der Waals surface area contributed by atoms with Crippen LogP contribution in [0.3, 0.4) is 0 Å². The molecule has 2 aromatic heterocycles. The average Bonchev–Trinajstić information content (AvgIpc) is 3.23. The molecule has 134 valence electrons. The van der Waals surface area contributed by atoms with Gasteiger partial charge in [-0.2, -0.15) is 0 Å². The van der Waals surface area contributed by atoms with Gasteiger partial charge >= 0.3 is 12.0 Å². The smallest absolute Gasteiger partial charge is 0.341 e. The molecule has 1 aliphatic heterocycles. The fourth-order valence-electron chi connectivity index (χ4n) is 2.26. The van der Waals surface area contributed by atoms with Gasteiger partial charge in [-0.15, -0.1) is 22.7 Å². The van der Waals surface area contributed by atoms with Crippen molar-refractivity contribution in [1.29, 1.82) is 0 Å². The summed E-state index contributed by atoms with van der Waals surface area (Å²) in [7, 11) is 0. The number of esters is 1. The van der Waals surface area contributed by atoms with E-state index in [4.69, 9.17) is 4.74 Å². The zero-order valence-electron chi connectivity index (χ0n) is 13.5. The van der Waals surface area contributed by atoms with E-state index in [2.05, 4.69) is 4.99 Å². The highest BCUT2D eigenvalue weighted by molar-refractivity contribution is 7.16. The first kappa shape index (κ1) is 18.0. The van der Waals surface area contributed by atoms with Crippen LogP contribution in [0.1, 0.15) is 17.3 Å². The molecule has 4 amide bonds. The Morgan fingerprint density at radius 2 is 2.00 bits per heavy atom. The molecular weight excluding hydrogens is 378 g/mol. The fourth-order valence-corrected chi connectivity index (χ4v) is 3.99. The van der Waals surface area contributed by atoms with Crippen molar-refractivity contribution in [2.45, 2.75) is 6.92 Å². The normalized spacial score (nSPS) is 15.2. The number of thiophene rings is 2. The quantitative estimate of drug-likeness (QED) is 0.461. The topological polar surface area (TPSA) is 114 Å². The Labute approximate surface area is 155 Å². The van der Waals surface area contributed by atoms with Gasteiger partial charge in [-0.3, -0.25) is 20.2 Å². The molecule has 1 fully saturated rings. The molecule has 0 atom stereocenters. The number of aliphatic imine (C=N–C) groups is 1. The van der Waals surface area contributed by atoms with Gasteiger partial charge in [-0.1, -0.05) is 6.07 Å². The summed E-state index contributed by atoms with van der Waals surface area (Å²) in [5.74, 6) is -3.32. The highest BCUT2D eigenvalue weighted by Crippen LogP contribution is 2.39. The summed E-state index contributed by atoms with van der Waals surface area (Å²) in [6, 6.07) is 2.87. The molecule has 1 aliphatic rings. The first-order chi connectivity index (χ1) is 12.5. The van der Waals surface area contributed by atoms with Gasteiger partial charge in [0.15, 0.2) is 5.92 Å². The van der Waals surface area contributed by atoms with Gasteiger partial charge in [0, 0.05) is 22.0 Å². The van der Waals surface area contributed by atoms with Crippen molar-refractivity contribution in [3.05, 3.63) is 28.5 Å². The van der Waals surface area contributed by atoms with Gasteiger partial charge in [-0.05, 0) is 18.4 Å². The zero-order valence-corrected chi connectivity index (χ0v) is 15.1. The van der Waals surface area contributed by atoms with E-state index in [1.54, 1.807) is 12.3 Å². The van der Waals surface area contributed by atoms with Crippen LogP contribution in [0.25, 0.3) is 10.4 Å². The Morgan fingerprint density at radius 3 is 2.62 bits per heavy atom. The van der Waals surface area contributed by atoms with E-state index in [0.29, 0.717) is 10.6 Å². The van der Waals surface area contributed by atoms with Crippen LogP contribution in [0, 0.1) is 5.92 Å². The van der Waals surface area contributed by atoms with Crippen LogP contribution >= 0.6 is 22.7 Å². The number of hydrogen-bond donors (Lipinski definition) is 2. The Bertz CT molecular complexity index is 881. The summed E-state index contributed by atoms with van der Waals surface area (Å²) in [6.07, 6.45) is 1.11. The number of carbonyl (C=O) groups excluding carboxylic acids is 4. The number of nitrogens with one attached hydrogen (secondary N) is 2. The molecule has 2 N–H and O–H groups in total. The molecule has 0 spiro atoms. The van der Waals surface area contributed by atoms with Crippen LogP contribution in [-0.2, 0) is 14.3 Å². The largest absolute Gasteiger partial charge is 0.462 e. The van der Waals surface area contributed by atoms with Gasteiger partial charge in [0.05, 0.1) is 6.61 Å². The van der Waals surface area contributed by atoms with Crippen molar-refractivity contribution in [2.24, 2.45) is 10.9 Å². The Morgan fingerprint density at radius 1 is 1.27 bits per heavy atom. The molecule has 0 bridgehead atoms. The van der Waals surface area contributed by atoms with Crippen molar-refractivity contribution in [3.8, 4) is 10.4 Å². The highest BCUT2D eigenvalue weighted by Gasteiger charge is 2.33. The summed E-state index contributed by atoms with van der Waals surface area (Å²) >= 11 is 2.67. The minimum absolute atomic E-state index is 0.206. The summed E-state index contributed by atoms with van der Waals surface area (Å²) in [6.45, 7) is 1.91. The lowest BCUT2D eigenvalue weighted by Gasteiger charge is -2.16. The molecule has 3 rings (SSSR count). The molecule has 0 radical (unpaired) electrons. The summed E-state index contributed by atoms with van der Waals surface area (Å²) < 4.78 is 5.11. The van der Waals surface area contributed by atoms with Crippen LogP contribution in [0.2, 0.25) is 0 Å². The van der Waals surface area contributed by atoms with Crippen molar-refractivity contribution in [2.75, 3.05) is 6.61 Å². The van der Waals surface area contributed by atoms with Crippen molar-refractivity contribution >= 4 is 57.7 Å². The van der Waals surface area contributed by atoms with Crippen molar-refractivity contribution in [1.82, 2.24) is 10.6 Å². The number of barbiturate groups is 1. The Kier molecular flexibility index (Phi) is 5.24. The van der Waals surface area contributed by atoms with Gasteiger partial charge < -0.3 is 4.74 Å². The average molecular weight is 391 g/mol. The minimum atomic E-state index is -1.25. The number of urea groups is 1. The first-order valence-electron chi connectivity index (χ1n) is 7.53. The maximum Gasteiger partial charge on any atom is 0.341 e. The standard InChI is InChI=1S/C16H13N3O5S2/c1-2-24-15(22)11-9(10-4-3-5-25-10)7-26-14(11)17-6-8-12(20)18-16(23)19-13(8)21/h3-8H,2H2,1H3,(H2,18,19,20,21,23). The lowest BCUT2D eigenvalue weighted by atomic mass is 10.1. The van der Waals surface area contributed by atoms with E-state index in [0.717, 1.165) is 11.1 Å². The number of hydrogen-bond acceptors (Lipinski definition) is 8. The molecule has 1 saturated heterocycles. The zero-order chi connectivity index (χ0) is 18.7. The lowest BCUT2D eigenvalue weighted by Crippen LogP contribution is -2.56.